The van der Waals surface area contributed by atoms with Crippen molar-refractivity contribution in [2.45, 2.75) is 6.18 Å². The maximum Gasteiger partial charge on any atom is 0.422 e. The van der Waals surface area contributed by atoms with Gasteiger partial charge in [0.15, 0.2) is 6.61 Å². The summed E-state index contributed by atoms with van der Waals surface area (Å²) in [6.45, 7) is -1.35. The van der Waals surface area contributed by atoms with E-state index in [1.807, 2.05) is 0 Å². The lowest BCUT2D eigenvalue weighted by Gasteiger charge is -2.17. The monoisotopic (exact) mass is 286 g/mol. The molecule has 1 N–H and O–H groups in total. The van der Waals surface area contributed by atoms with Gasteiger partial charge in [-0.3, -0.25) is 0 Å². The molecule has 0 radical (unpaired) electrons. The number of alkyl halides is 3. The van der Waals surface area contributed by atoms with Gasteiger partial charge in [0.1, 0.15) is 5.75 Å². The summed E-state index contributed by atoms with van der Waals surface area (Å²) in [6, 6.07) is 5.31. The molecule has 1 rings (SSSR count). The molecule has 0 heterocycles. The van der Waals surface area contributed by atoms with Gasteiger partial charge < -0.3 is 15.0 Å². The molecule has 0 saturated heterocycles. The van der Waals surface area contributed by atoms with E-state index in [1.54, 1.807) is 6.07 Å². The fourth-order valence-corrected chi connectivity index (χ4v) is 1.27. The van der Waals surface area contributed by atoms with Crippen LogP contribution in [0.2, 0.25) is 0 Å². The zero-order chi connectivity index (χ0) is 15.2. The first-order valence-electron chi connectivity index (χ1n) is 5.57. The molecular formula is C13H13F3N2O2. The Morgan fingerprint density at radius 1 is 1.45 bits per heavy atom. The number of hydrogen-bond acceptors (Lipinski definition) is 2. The number of benzene rings is 1. The second-order valence-electron chi connectivity index (χ2n) is 3.89. The molecule has 0 atom stereocenters. The number of anilines is 1. The average Bonchev–Trinajstić information content (AvgIpc) is 2.37. The highest BCUT2D eigenvalue weighted by molar-refractivity contribution is 5.90. The van der Waals surface area contributed by atoms with E-state index in [1.165, 1.54) is 30.1 Å². The summed E-state index contributed by atoms with van der Waals surface area (Å²) in [5.74, 6) is 2.22. The van der Waals surface area contributed by atoms with Gasteiger partial charge in [-0.1, -0.05) is 18.1 Å². The van der Waals surface area contributed by atoms with Gasteiger partial charge in [-0.05, 0) is 12.1 Å². The van der Waals surface area contributed by atoms with Gasteiger partial charge in [-0.15, -0.1) is 6.42 Å². The van der Waals surface area contributed by atoms with Crippen molar-refractivity contribution in [2.24, 2.45) is 0 Å². The number of urea groups is 1. The molecular weight excluding hydrogens is 273 g/mol. The number of hydrogen-bond donors (Lipinski definition) is 1. The normalized spacial score (nSPS) is 10.6. The summed E-state index contributed by atoms with van der Waals surface area (Å²) in [7, 11) is 1.47. The van der Waals surface area contributed by atoms with E-state index < -0.39 is 18.8 Å². The van der Waals surface area contributed by atoms with Crippen LogP contribution in [0.1, 0.15) is 0 Å². The van der Waals surface area contributed by atoms with Crippen molar-refractivity contribution >= 4 is 11.7 Å². The van der Waals surface area contributed by atoms with Gasteiger partial charge in [0.2, 0.25) is 0 Å². The van der Waals surface area contributed by atoms with E-state index in [4.69, 9.17) is 6.42 Å². The zero-order valence-corrected chi connectivity index (χ0v) is 10.7. The number of nitrogens with one attached hydrogen (secondary N) is 1. The Morgan fingerprint density at radius 3 is 2.70 bits per heavy atom. The maximum absolute atomic E-state index is 12.1. The summed E-state index contributed by atoms with van der Waals surface area (Å²) in [6.07, 6.45) is 0.618. The van der Waals surface area contributed by atoms with Crippen molar-refractivity contribution in [1.29, 1.82) is 0 Å². The molecule has 0 bridgehead atoms. The van der Waals surface area contributed by atoms with E-state index in [2.05, 4.69) is 16.0 Å². The number of halogens is 3. The number of ether oxygens (including phenoxy) is 1. The Kier molecular flexibility index (Phi) is 5.26. The standard InChI is InChI=1S/C13H13F3N2O2/c1-3-8-18(2)12(19)17-10-6-4-5-7-11(10)20-9-13(14,15)16/h1,4-7H,8-9H2,2H3,(H,17,19). The molecule has 0 unspecified atom stereocenters. The van der Waals surface area contributed by atoms with Crippen LogP contribution in [0.5, 0.6) is 5.75 Å². The minimum absolute atomic E-state index is 0.0627. The van der Waals surface area contributed by atoms with E-state index in [0.29, 0.717) is 0 Å². The minimum Gasteiger partial charge on any atom is -0.482 e. The van der Waals surface area contributed by atoms with Gasteiger partial charge in [-0.2, -0.15) is 13.2 Å². The number of amides is 2. The summed E-state index contributed by atoms with van der Waals surface area (Å²) < 4.78 is 41.0. The summed E-state index contributed by atoms with van der Waals surface area (Å²) in [5.41, 5.74) is 0.144. The molecule has 0 spiro atoms. The Morgan fingerprint density at radius 2 is 2.10 bits per heavy atom. The molecule has 0 aliphatic rings. The van der Waals surface area contributed by atoms with Crippen molar-refractivity contribution in [3.05, 3.63) is 24.3 Å². The van der Waals surface area contributed by atoms with Crippen molar-refractivity contribution in [2.75, 3.05) is 25.5 Å². The van der Waals surface area contributed by atoms with Crippen LogP contribution in [0.25, 0.3) is 0 Å². The van der Waals surface area contributed by atoms with Crippen LogP contribution in [0, 0.1) is 12.3 Å². The summed E-state index contributed by atoms with van der Waals surface area (Å²) in [5, 5.41) is 2.43. The molecule has 20 heavy (non-hydrogen) atoms. The van der Waals surface area contributed by atoms with E-state index in [-0.39, 0.29) is 18.0 Å². The largest absolute Gasteiger partial charge is 0.482 e. The van der Waals surface area contributed by atoms with E-state index >= 15 is 0 Å². The van der Waals surface area contributed by atoms with Crippen LogP contribution in [0.4, 0.5) is 23.7 Å². The van der Waals surface area contributed by atoms with Crippen molar-refractivity contribution < 1.29 is 22.7 Å². The number of carbonyl (C=O) groups excluding carboxylic acids is 1. The van der Waals surface area contributed by atoms with Crippen LogP contribution in [-0.2, 0) is 0 Å². The Labute approximate surface area is 114 Å². The molecule has 1 aromatic rings. The Bertz CT molecular complexity index is 509. The zero-order valence-electron chi connectivity index (χ0n) is 10.7. The fraction of sp³-hybridized carbons (Fsp3) is 0.308. The summed E-state index contributed by atoms with van der Waals surface area (Å²) >= 11 is 0. The molecule has 2 amide bonds. The number of carbonyl (C=O) groups is 1. The topological polar surface area (TPSA) is 41.6 Å². The SMILES string of the molecule is C#CCN(C)C(=O)Nc1ccccc1OCC(F)(F)F. The molecule has 7 heteroatoms. The van der Waals surface area contributed by atoms with Gasteiger partial charge in [0, 0.05) is 7.05 Å². The van der Waals surface area contributed by atoms with Gasteiger partial charge in [0.25, 0.3) is 0 Å². The van der Waals surface area contributed by atoms with Crippen molar-refractivity contribution in [3.8, 4) is 18.1 Å². The lowest BCUT2D eigenvalue weighted by atomic mass is 10.3. The molecule has 4 nitrogen and oxygen atoms in total. The van der Waals surface area contributed by atoms with Gasteiger partial charge >= 0.3 is 12.2 Å². The van der Waals surface area contributed by atoms with Crippen LogP contribution in [-0.4, -0.2) is 37.3 Å². The Balaban J connectivity index is 2.76. The van der Waals surface area contributed by atoms with Gasteiger partial charge in [0.05, 0.1) is 12.2 Å². The molecule has 1 aromatic carbocycles. The second-order valence-corrected chi connectivity index (χ2v) is 3.89. The number of rotatable bonds is 4. The van der Waals surface area contributed by atoms with Crippen molar-refractivity contribution in [1.82, 2.24) is 4.90 Å². The lowest BCUT2D eigenvalue weighted by molar-refractivity contribution is -0.153. The minimum atomic E-state index is -4.45. The predicted molar refractivity (Wildman–Crippen MR) is 68.5 cm³/mol. The first-order chi connectivity index (χ1) is 9.33. The molecule has 0 aliphatic carbocycles. The second kappa shape index (κ2) is 6.70. The number of terminal acetylenes is 1. The third-order valence-electron chi connectivity index (χ3n) is 2.20. The van der Waals surface area contributed by atoms with Crippen LogP contribution in [0.3, 0.4) is 0 Å². The molecule has 0 aliphatic heterocycles. The van der Waals surface area contributed by atoms with Crippen LogP contribution < -0.4 is 10.1 Å². The molecule has 0 aromatic heterocycles. The van der Waals surface area contributed by atoms with E-state index in [0.717, 1.165) is 0 Å². The fourth-order valence-electron chi connectivity index (χ4n) is 1.27. The van der Waals surface area contributed by atoms with Crippen molar-refractivity contribution in [3.63, 3.8) is 0 Å². The lowest BCUT2D eigenvalue weighted by Crippen LogP contribution is -2.31. The molecule has 108 valence electrons. The predicted octanol–water partition coefficient (Wildman–Crippen LogP) is 2.72. The Hall–Kier alpha value is -2.36. The maximum atomic E-state index is 12.1. The quantitative estimate of drug-likeness (QED) is 0.865. The first-order valence-corrected chi connectivity index (χ1v) is 5.57. The highest BCUT2D eigenvalue weighted by Crippen LogP contribution is 2.26. The van der Waals surface area contributed by atoms with Crippen LogP contribution >= 0.6 is 0 Å². The molecule has 0 saturated carbocycles. The highest BCUT2D eigenvalue weighted by atomic mass is 19.4. The number of para-hydroxylation sites is 2. The van der Waals surface area contributed by atoms with Crippen LogP contribution in [0.15, 0.2) is 24.3 Å². The summed E-state index contributed by atoms with van der Waals surface area (Å²) in [4.78, 5) is 12.9. The third kappa shape index (κ3) is 5.10. The third-order valence-corrected chi connectivity index (χ3v) is 2.20. The van der Waals surface area contributed by atoms with E-state index in [9.17, 15) is 18.0 Å². The number of nitrogens with zero attached hydrogens (tertiary/aromatic N) is 1. The smallest absolute Gasteiger partial charge is 0.422 e. The highest BCUT2D eigenvalue weighted by Gasteiger charge is 2.28. The average molecular weight is 286 g/mol. The molecule has 0 fully saturated rings. The first kappa shape index (κ1) is 15.7. The van der Waals surface area contributed by atoms with Gasteiger partial charge in [-0.25, -0.2) is 4.79 Å².